The number of hydrogen-bond donors (Lipinski definition) is 2. The molecule has 0 amide bonds. The molecule has 0 radical (unpaired) electrons. The molecule has 1 aromatic heterocycles. The molecule has 0 fully saturated rings. The van der Waals surface area contributed by atoms with Gasteiger partial charge in [-0.05, 0) is 18.2 Å². The Kier molecular flexibility index (Phi) is 2.72. The van der Waals surface area contributed by atoms with Crippen molar-refractivity contribution in [3.05, 3.63) is 35.7 Å². The molecule has 0 saturated carbocycles. The van der Waals surface area contributed by atoms with Gasteiger partial charge >= 0.3 is 0 Å². The van der Waals surface area contributed by atoms with Crippen LogP contribution in [0.5, 0.6) is 0 Å². The topological polar surface area (TPSA) is 77.0 Å². The van der Waals surface area contributed by atoms with E-state index in [1.165, 1.54) is 12.1 Å². The van der Waals surface area contributed by atoms with Crippen molar-refractivity contribution in [3.63, 3.8) is 0 Å². The molecular formula is C10H11FN4O. The summed E-state index contributed by atoms with van der Waals surface area (Å²) in [5.41, 5.74) is 6.45. The maximum Gasteiger partial charge on any atom is 0.223 e. The van der Waals surface area contributed by atoms with Crippen LogP contribution in [0.25, 0.3) is 0 Å². The second kappa shape index (κ2) is 4.18. The highest BCUT2D eigenvalue weighted by Crippen LogP contribution is 2.15. The van der Waals surface area contributed by atoms with Crippen LogP contribution >= 0.6 is 0 Å². The Morgan fingerprint density at radius 2 is 2.25 bits per heavy atom. The monoisotopic (exact) mass is 222 g/mol. The van der Waals surface area contributed by atoms with Gasteiger partial charge in [0.25, 0.3) is 0 Å². The van der Waals surface area contributed by atoms with Crippen molar-refractivity contribution in [1.82, 2.24) is 10.1 Å². The molecule has 0 aliphatic heterocycles. The van der Waals surface area contributed by atoms with E-state index in [1.54, 1.807) is 13.0 Å². The minimum absolute atomic E-state index is 0.361. The minimum atomic E-state index is -0.383. The molecule has 0 bridgehead atoms. The van der Waals surface area contributed by atoms with E-state index in [0.717, 1.165) is 0 Å². The van der Waals surface area contributed by atoms with Gasteiger partial charge in [0.1, 0.15) is 5.82 Å². The molecule has 1 heterocycles. The number of nitrogens with one attached hydrogen (secondary N) is 1. The molecule has 0 aliphatic rings. The lowest BCUT2D eigenvalue weighted by molar-refractivity contribution is 0.388. The van der Waals surface area contributed by atoms with Crippen molar-refractivity contribution in [2.45, 2.75) is 13.5 Å². The van der Waals surface area contributed by atoms with Crippen LogP contribution in [0.3, 0.4) is 0 Å². The van der Waals surface area contributed by atoms with Crippen molar-refractivity contribution in [3.8, 4) is 0 Å². The van der Waals surface area contributed by atoms with Crippen molar-refractivity contribution in [2.75, 3.05) is 11.1 Å². The highest BCUT2D eigenvalue weighted by molar-refractivity contribution is 5.54. The summed E-state index contributed by atoms with van der Waals surface area (Å²) in [6.07, 6.45) is 0. The second-order valence-electron chi connectivity index (χ2n) is 3.36. The van der Waals surface area contributed by atoms with Gasteiger partial charge in [-0.25, -0.2) is 4.39 Å². The SMILES string of the molecule is Cc1nc(CNc2cc(N)cc(F)c2)no1. The predicted octanol–water partition coefficient (Wildman–Crippen LogP) is 1.71. The van der Waals surface area contributed by atoms with Crippen LogP contribution in [0, 0.1) is 12.7 Å². The molecule has 2 aromatic rings. The third kappa shape index (κ3) is 2.47. The van der Waals surface area contributed by atoms with Crippen LogP contribution in [-0.2, 0) is 6.54 Å². The average Bonchev–Trinajstić information content (AvgIpc) is 2.60. The van der Waals surface area contributed by atoms with Gasteiger partial charge in [0.05, 0.1) is 6.54 Å². The molecule has 0 atom stereocenters. The smallest absolute Gasteiger partial charge is 0.223 e. The van der Waals surface area contributed by atoms with E-state index >= 15 is 0 Å². The third-order valence-corrected chi connectivity index (χ3v) is 1.94. The summed E-state index contributed by atoms with van der Waals surface area (Å²) in [5, 5.41) is 6.65. The molecule has 0 spiro atoms. The van der Waals surface area contributed by atoms with Gasteiger partial charge in [0.15, 0.2) is 5.82 Å². The first-order chi connectivity index (χ1) is 7.63. The molecule has 3 N–H and O–H groups in total. The molecular weight excluding hydrogens is 211 g/mol. The Morgan fingerprint density at radius 1 is 1.44 bits per heavy atom. The predicted molar refractivity (Wildman–Crippen MR) is 57.2 cm³/mol. The molecule has 0 saturated heterocycles. The summed E-state index contributed by atoms with van der Waals surface area (Å²) in [5.74, 6) is 0.627. The van der Waals surface area contributed by atoms with Crippen LogP contribution in [0.4, 0.5) is 15.8 Å². The number of halogens is 1. The molecule has 2 rings (SSSR count). The molecule has 16 heavy (non-hydrogen) atoms. The Labute approximate surface area is 91.5 Å². The van der Waals surface area contributed by atoms with Crippen molar-refractivity contribution < 1.29 is 8.91 Å². The Bertz CT molecular complexity index is 477. The Balaban J connectivity index is 2.04. The van der Waals surface area contributed by atoms with Gasteiger partial charge in [0.2, 0.25) is 5.89 Å². The van der Waals surface area contributed by atoms with E-state index in [0.29, 0.717) is 29.6 Å². The van der Waals surface area contributed by atoms with Crippen LogP contribution in [0.15, 0.2) is 22.7 Å². The van der Waals surface area contributed by atoms with Gasteiger partial charge in [-0.3, -0.25) is 0 Å². The van der Waals surface area contributed by atoms with Crippen molar-refractivity contribution in [2.24, 2.45) is 0 Å². The highest BCUT2D eigenvalue weighted by atomic mass is 19.1. The summed E-state index contributed by atoms with van der Waals surface area (Å²) in [7, 11) is 0. The van der Waals surface area contributed by atoms with Crippen LogP contribution in [0.1, 0.15) is 11.7 Å². The molecule has 6 heteroatoms. The summed E-state index contributed by atoms with van der Waals surface area (Å²) >= 11 is 0. The second-order valence-corrected chi connectivity index (χ2v) is 3.36. The number of aryl methyl sites for hydroxylation is 1. The molecule has 1 aromatic carbocycles. The first-order valence-electron chi connectivity index (χ1n) is 4.72. The maximum absolute atomic E-state index is 13.0. The fraction of sp³-hybridized carbons (Fsp3) is 0.200. The summed E-state index contributed by atoms with van der Waals surface area (Å²) in [4.78, 5) is 4.01. The van der Waals surface area contributed by atoms with E-state index in [9.17, 15) is 4.39 Å². The summed E-state index contributed by atoms with van der Waals surface area (Å²) < 4.78 is 17.8. The van der Waals surface area contributed by atoms with Gasteiger partial charge in [-0.15, -0.1) is 0 Å². The largest absolute Gasteiger partial charge is 0.399 e. The number of nitrogens with zero attached hydrogens (tertiary/aromatic N) is 2. The van der Waals surface area contributed by atoms with E-state index in [4.69, 9.17) is 10.3 Å². The fourth-order valence-electron chi connectivity index (χ4n) is 1.31. The third-order valence-electron chi connectivity index (χ3n) is 1.94. The van der Waals surface area contributed by atoms with Gasteiger partial charge in [-0.2, -0.15) is 4.98 Å². The molecule has 0 unspecified atom stereocenters. The Morgan fingerprint density at radius 3 is 2.88 bits per heavy atom. The first kappa shape index (κ1) is 10.4. The zero-order valence-electron chi connectivity index (χ0n) is 8.70. The van der Waals surface area contributed by atoms with Crippen molar-refractivity contribution in [1.29, 1.82) is 0 Å². The van der Waals surface area contributed by atoms with Crippen LogP contribution < -0.4 is 11.1 Å². The van der Waals surface area contributed by atoms with Crippen molar-refractivity contribution >= 4 is 11.4 Å². The lowest BCUT2D eigenvalue weighted by Gasteiger charge is -2.04. The van der Waals surface area contributed by atoms with Gasteiger partial charge in [0, 0.05) is 18.3 Å². The molecule has 5 nitrogen and oxygen atoms in total. The van der Waals surface area contributed by atoms with Crippen LogP contribution in [-0.4, -0.2) is 10.1 Å². The zero-order valence-corrected chi connectivity index (χ0v) is 8.70. The highest BCUT2D eigenvalue weighted by Gasteiger charge is 2.03. The summed E-state index contributed by atoms with van der Waals surface area (Å²) in [6.45, 7) is 2.07. The fourth-order valence-corrected chi connectivity index (χ4v) is 1.31. The number of hydrogen-bond acceptors (Lipinski definition) is 5. The van der Waals surface area contributed by atoms with Gasteiger partial charge in [-0.1, -0.05) is 5.16 Å². The lowest BCUT2D eigenvalue weighted by Crippen LogP contribution is -2.02. The molecule has 84 valence electrons. The number of benzene rings is 1. The number of nitrogens with two attached hydrogens (primary N) is 1. The number of rotatable bonds is 3. The van der Waals surface area contributed by atoms with E-state index < -0.39 is 0 Å². The Hall–Kier alpha value is -2.11. The zero-order chi connectivity index (χ0) is 11.5. The minimum Gasteiger partial charge on any atom is -0.399 e. The van der Waals surface area contributed by atoms with E-state index in [-0.39, 0.29) is 5.82 Å². The standard InChI is InChI=1S/C10H11FN4O/c1-6-14-10(15-16-6)5-13-9-3-7(11)2-8(12)4-9/h2-4,13H,5,12H2,1H3. The lowest BCUT2D eigenvalue weighted by atomic mass is 10.2. The normalized spacial score (nSPS) is 10.4. The number of aromatic nitrogens is 2. The van der Waals surface area contributed by atoms with E-state index in [2.05, 4.69) is 15.5 Å². The quantitative estimate of drug-likeness (QED) is 0.773. The summed E-state index contributed by atoms with van der Waals surface area (Å²) in [6, 6.07) is 4.24. The molecule has 0 aliphatic carbocycles. The number of nitrogen functional groups attached to an aromatic ring is 1. The van der Waals surface area contributed by atoms with Gasteiger partial charge < -0.3 is 15.6 Å². The number of anilines is 2. The maximum atomic E-state index is 13.0. The first-order valence-corrected chi connectivity index (χ1v) is 4.72. The average molecular weight is 222 g/mol. The van der Waals surface area contributed by atoms with Crippen LogP contribution in [0.2, 0.25) is 0 Å². The van der Waals surface area contributed by atoms with E-state index in [1.807, 2.05) is 0 Å².